The zero-order valence-corrected chi connectivity index (χ0v) is 18.8. The van der Waals surface area contributed by atoms with E-state index in [4.69, 9.17) is 0 Å². The Balaban J connectivity index is 1.19. The fourth-order valence-corrected chi connectivity index (χ4v) is 4.53. The van der Waals surface area contributed by atoms with E-state index in [1.165, 1.54) is 12.8 Å². The molecular formula is C27H30N2O4. The van der Waals surface area contributed by atoms with Gasteiger partial charge in [0.25, 0.3) is 11.8 Å². The average molecular weight is 447 g/mol. The Labute approximate surface area is 194 Å². The number of benzene rings is 2. The van der Waals surface area contributed by atoms with Gasteiger partial charge in [0.2, 0.25) is 0 Å². The Bertz CT molecular complexity index is 1060. The normalized spacial score (nSPS) is 19.3. The lowest BCUT2D eigenvalue weighted by atomic mass is 9.98. The van der Waals surface area contributed by atoms with Gasteiger partial charge in [-0.25, -0.2) is 0 Å². The van der Waals surface area contributed by atoms with Crippen molar-refractivity contribution >= 4 is 17.6 Å². The Kier molecular flexibility index (Phi) is 5.79. The van der Waals surface area contributed by atoms with Crippen LogP contribution in [-0.2, 0) is 16.0 Å². The summed E-state index contributed by atoms with van der Waals surface area (Å²) in [6, 6.07) is 15.6. The van der Waals surface area contributed by atoms with Crippen molar-refractivity contribution in [3.63, 3.8) is 0 Å². The molecule has 1 heterocycles. The van der Waals surface area contributed by atoms with Crippen LogP contribution in [0.25, 0.3) is 11.1 Å². The number of rotatable bonds is 7. The number of carbonyl (C=O) groups excluding carboxylic acids is 3. The van der Waals surface area contributed by atoms with Crippen LogP contribution in [0, 0.1) is 5.92 Å². The van der Waals surface area contributed by atoms with Crippen LogP contribution in [0.3, 0.4) is 0 Å². The zero-order valence-electron chi connectivity index (χ0n) is 18.8. The van der Waals surface area contributed by atoms with Crippen molar-refractivity contribution in [2.45, 2.75) is 44.1 Å². The van der Waals surface area contributed by atoms with Crippen LogP contribution in [0.4, 0.5) is 0 Å². The van der Waals surface area contributed by atoms with Crippen LogP contribution in [0.5, 0.6) is 0 Å². The summed E-state index contributed by atoms with van der Waals surface area (Å²) in [6.07, 6.45) is 4.63. The van der Waals surface area contributed by atoms with Crippen molar-refractivity contribution in [3.05, 3.63) is 59.7 Å². The minimum absolute atomic E-state index is 0.0433. The topological polar surface area (TPSA) is 77.9 Å². The van der Waals surface area contributed by atoms with Crippen LogP contribution in [0.2, 0.25) is 0 Å². The number of hydrogen-bond acceptors (Lipinski definition) is 4. The van der Waals surface area contributed by atoms with Crippen LogP contribution >= 0.6 is 0 Å². The molecule has 0 aromatic heterocycles. The largest absolute Gasteiger partial charge is 0.380 e. The van der Waals surface area contributed by atoms with Crippen LogP contribution in [0.15, 0.2) is 48.5 Å². The monoisotopic (exact) mass is 446 g/mol. The van der Waals surface area contributed by atoms with Crippen LogP contribution in [-0.4, -0.2) is 64.3 Å². The molecule has 1 N–H and O–H groups in total. The number of piperazine rings is 1. The maximum Gasteiger partial charge on any atom is 0.254 e. The molecule has 2 saturated carbocycles. The zero-order chi connectivity index (χ0) is 23.0. The molecule has 5 rings (SSSR count). The minimum Gasteiger partial charge on any atom is -0.380 e. The van der Waals surface area contributed by atoms with E-state index in [-0.39, 0.29) is 11.8 Å². The summed E-state index contributed by atoms with van der Waals surface area (Å²) >= 11 is 0. The van der Waals surface area contributed by atoms with E-state index >= 15 is 0 Å². The third-order valence-electron chi connectivity index (χ3n) is 6.98. The maximum absolute atomic E-state index is 12.9. The highest BCUT2D eigenvalue weighted by atomic mass is 16.3. The molecule has 2 aromatic carbocycles. The Hall–Kier alpha value is -2.99. The van der Waals surface area contributed by atoms with E-state index in [9.17, 15) is 19.5 Å². The van der Waals surface area contributed by atoms with Crippen molar-refractivity contribution in [3.8, 4) is 11.1 Å². The molecule has 6 heteroatoms. The smallest absolute Gasteiger partial charge is 0.254 e. The number of Topliss-reactive ketones (excluding diaryl/α,β-unsaturated/α-hetero) is 1. The molecule has 1 saturated heterocycles. The molecule has 0 bridgehead atoms. The number of nitrogens with zero attached hydrogens (tertiary/aromatic N) is 2. The highest BCUT2D eigenvalue weighted by molar-refractivity contribution is 5.95. The second kappa shape index (κ2) is 8.75. The van der Waals surface area contributed by atoms with Gasteiger partial charge in [0.1, 0.15) is 11.4 Å². The van der Waals surface area contributed by atoms with Gasteiger partial charge in [-0.05, 0) is 60.4 Å². The summed E-state index contributed by atoms with van der Waals surface area (Å²) < 4.78 is 0. The molecule has 2 aliphatic carbocycles. The first-order valence-electron chi connectivity index (χ1n) is 11.9. The molecule has 3 aliphatic rings. The number of carbonyl (C=O) groups is 3. The van der Waals surface area contributed by atoms with Crippen molar-refractivity contribution in [1.82, 2.24) is 9.80 Å². The minimum atomic E-state index is -1.15. The lowest BCUT2D eigenvalue weighted by Crippen LogP contribution is -2.53. The van der Waals surface area contributed by atoms with Gasteiger partial charge in [0.15, 0.2) is 0 Å². The number of ketones is 1. The molecule has 33 heavy (non-hydrogen) atoms. The van der Waals surface area contributed by atoms with Crippen molar-refractivity contribution in [2.75, 3.05) is 26.2 Å². The molecule has 0 radical (unpaired) electrons. The van der Waals surface area contributed by atoms with Crippen molar-refractivity contribution < 1.29 is 19.5 Å². The third kappa shape index (κ3) is 5.01. The number of aliphatic hydroxyl groups is 1. The van der Waals surface area contributed by atoms with Gasteiger partial charge in [0, 0.05) is 44.6 Å². The highest BCUT2D eigenvalue weighted by Crippen LogP contribution is 2.37. The average Bonchev–Trinajstić information content (AvgIpc) is 3.77. The molecule has 2 amide bonds. The lowest BCUT2D eigenvalue weighted by Gasteiger charge is -2.35. The number of hydrogen-bond donors (Lipinski definition) is 1. The first-order chi connectivity index (χ1) is 15.9. The molecule has 6 nitrogen and oxygen atoms in total. The predicted octanol–water partition coefficient (Wildman–Crippen LogP) is 3.07. The predicted molar refractivity (Wildman–Crippen MR) is 125 cm³/mol. The second-order valence-corrected chi connectivity index (χ2v) is 9.76. The van der Waals surface area contributed by atoms with E-state index in [1.54, 1.807) is 9.80 Å². The molecule has 0 atom stereocenters. The molecule has 1 aliphatic heterocycles. The van der Waals surface area contributed by atoms with Crippen molar-refractivity contribution in [2.24, 2.45) is 5.92 Å². The maximum atomic E-state index is 12.9. The van der Waals surface area contributed by atoms with E-state index in [1.807, 2.05) is 42.5 Å². The van der Waals surface area contributed by atoms with Gasteiger partial charge in [-0.2, -0.15) is 0 Å². The van der Waals surface area contributed by atoms with Gasteiger partial charge in [0.05, 0.1) is 0 Å². The lowest BCUT2D eigenvalue weighted by molar-refractivity contribution is -0.143. The van der Waals surface area contributed by atoms with E-state index in [0.717, 1.165) is 16.7 Å². The molecule has 0 unspecified atom stereocenters. The van der Waals surface area contributed by atoms with E-state index in [0.29, 0.717) is 69.1 Å². The highest BCUT2D eigenvalue weighted by Gasteiger charge is 2.50. The summed E-state index contributed by atoms with van der Waals surface area (Å²) in [5.41, 5.74) is 2.55. The van der Waals surface area contributed by atoms with E-state index < -0.39 is 5.60 Å². The first-order valence-corrected chi connectivity index (χ1v) is 11.9. The number of amides is 2. The Morgan fingerprint density at radius 3 is 2.18 bits per heavy atom. The Morgan fingerprint density at radius 1 is 0.879 bits per heavy atom. The quantitative estimate of drug-likeness (QED) is 0.709. The summed E-state index contributed by atoms with van der Waals surface area (Å²) in [7, 11) is 0. The molecule has 2 aromatic rings. The molecule has 0 spiro atoms. The van der Waals surface area contributed by atoms with Gasteiger partial charge in [-0.3, -0.25) is 14.4 Å². The SMILES string of the molecule is O=C(Cc1cccc(-c2ccc(C(=O)N3CCN(C(=O)C4(O)CC4)CC3)cc2)c1)CC1CC1. The second-order valence-electron chi connectivity index (χ2n) is 9.76. The molecular weight excluding hydrogens is 416 g/mol. The van der Waals surface area contributed by atoms with Gasteiger partial charge >= 0.3 is 0 Å². The fraction of sp³-hybridized carbons (Fsp3) is 0.444. The summed E-state index contributed by atoms with van der Waals surface area (Å²) in [6.45, 7) is 1.85. The van der Waals surface area contributed by atoms with Gasteiger partial charge in [-0.1, -0.05) is 36.4 Å². The first kappa shape index (κ1) is 21.8. The summed E-state index contributed by atoms with van der Waals surface area (Å²) in [4.78, 5) is 40.9. The standard InChI is InChI=1S/C27H30N2O4/c30-24(17-19-4-5-19)18-20-2-1-3-23(16-20)21-6-8-22(9-7-21)25(31)28-12-14-29(15-13-28)26(32)27(33)10-11-27/h1-3,6-9,16,19,33H,4-5,10-15,17-18H2. The van der Waals surface area contributed by atoms with Crippen LogP contribution < -0.4 is 0 Å². The third-order valence-corrected chi connectivity index (χ3v) is 6.98. The summed E-state index contributed by atoms with van der Waals surface area (Å²) in [5, 5.41) is 10.0. The van der Waals surface area contributed by atoms with Gasteiger partial charge < -0.3 is 14.9 Å². The molecule has 172 valence electrons. The van der Waals surface area contributed by atoms with Gasteiger partial charge in [-0.15, -0.1) is 0 Å². The fourth-order valence-electron chi connectivity index (χ4n) is 4.53. The van der Waals surface area contributed by atoms with Crippen LogP contribution in [0.1, 0.15) is 48.0 Å². The van der Waals surface area contributed by atoms with E-state index in [2.05, 4.69) is 6.07 Å². The van der Waals surface area contributed by atoms with Crippen molar-refractivity contribution in [1.29, 1.82) is 0 Å². The Morgan fingerprint density at radius 2 is 1.55 bits per heavy atom. The molecule has 3 fully saturated rings. The summed E-state index contributed by atoms with van der Waals surface area (Å²) in [5.74, 6) is 0.677.